The molecule has 3 rings (SSSR count). The van der Waals surface area contributed by atoms with E-state index in [1.165, 1.54) is 6.26 Å². The Balaban J connectivity index is 1.68. The van der Waals surface area contributed by atoms with Crippen molar-refractivity contribution in [3.05, 3.63) is 48.4 Å². The van der Waals surface area contributed by atoms with Gasteiger partial charge in [0.05, 0.1) is 6.26 Å². The van der Waals surface area contributed by atoms with E-state index in [1.807, 2.05) is 30.3 Å². The molecule has 1 aromatic heterocycles. The number of hydrogen-bond acceptors (Lipinski definition) is 4. The predicted molar refractivity (Wildman–Crippen MR) is 94.1 cm³/mol. The molecule has 1 aliphatic rings. The number of furan rings is 1. The van der Waals surface area contributed by atoms with E-state index in [9.17, 15) is 9.59 Å². The lowest BCUT2D eigenvalue weighted by molar-refractivity contribution is -0.139. The fraction of sp³-hybridized carbons (Fsp3) is 0.400. The number of ether oxygens (including phenoxy) is 1. The predicted octanol–water partition coefficient (Wildman–Crippen LogP) is 3.89. The van der Waals surface area contributed by atoms with Crippen molar-refractivity contribution in [1.29, 1.82) is 0 Å². The van der Waals surface area contributed by atoms with E-state index in [2.05, 4.69) is 0 Å². The molecule has 0 saturated carbocycles. The largest absolute Gasteiger partial charge is 0.457 e. The lowest BCUT2D eigenvalue weighted by Gasteiger charge is -2.23. The van der Waals surface area contributed by atoms with Gasteiger partial charge in [-0.2, -0.15) is 0 Å². The van der Waals surface area contributed by atoms with Gasteiger partial charge in [-0.3, -0.25) is 4.79 Å². The van der Waals surface area contributed by atoms with Crippen molar-refractivity contribution in [2.24, 2.45) is 0 Å². The van der Waals surface area contributed by atoms with Gasteiger partial charge in [0.15, 0.2) is 6.10 Å². The number of carbonyl (C=O) groups is 2. The van der Waals surface area contributed by atoms with Crippen molar-refractivity contribution in [1.82, 2.24) is 4.90 Å². The highest BCUT2D eigenvalue weighted by Gasteiger charge is 2.27. The Morgan fingerprint density at radius 3 is 2.40 bits per heavy atom. The Morgan fingerprint density at radius 1 is 1.04 bits per heavy atom. The molecular formula is C20H23NO4. The standard InChI is InChI=1S/C20H23NO4/c1-15(19(22)21-12-7-2-3-8-13-21)25-20(23)18-17(11-14-24-18)16-9-5-4-6-10-16/h4-6,9-11,14-15H,2-3,7-8,12-13H2,1H3. The molecule has 1 atom stereocenters. The van der Waals surface area contributed by atoms with Crippen LogP contribution in [-0.2, 0) is 9.53 Å². The van der Waals surface area contributed by atoms with Gasteiger partial charge < -0.3 is 14.1 Å². The van der Waals surface area contributed by atoms with Gasteiger partial charge >= 0.3 is 5.97 Å². The van der Waals surface area contributed by atoms with Crippen molar-refractivity contribution in [3.8, 4) is 11.1 Å². The van der Waals surface area contributed by atoms with Crippen LogP contribution in [0.4, 0.5) is 0 Å². The summed E-state index contributed by atoms with van der Waals surface area (Å²) in [6.07, 6.45) is 4.93. The average molecular weight is 341 g/mol. The molecular weight excluding hydrogens is 318 g/mol. The summed E-state index contributed by atoms with van der Waals surface area (Å²) in [5.74, 6) is -0.621. The molecule has 1 unspecified atom stereocenters. The fourth-order valence-electron chi connectivity index (χ4n) is 3.13. The second-order valence-corrected chi connectivity index (χ2v) is 6.32. The van der Waals surface area contributed by atoms with Gasteiger partial charge in [-0.25, -0.2) is 4.79 Å². The van der Waals surface area contributed by atoms with Crippen LogP contribution >= 0.6 is 0 Å². The zero-order chi connectivity index (χ0) is 17.6. The van der Waals surface area contributed by atoms with Gasteiger partial charge in [0.2, 0.25) is 5.76 Å². The SMILES string of the molecule is CC(OC(=O)c1occc1-c1ccccc1)C(=O)N1CCCCCC1. The molecule has 1 amide bonds. The molecule has 0 radical (unpaired) electrons. The summed E-state index contributed by atoms with van der Waals surface area (Å²) in [7, 11) is 0. The maximum atomic E-state index is 12.5. The molecule has 5 nitrogen and oxygen atoms in total. The number of rotatable bonds is 4. The number of amides is 1. The Kier molecular flexibility index (Phi) is 5.53. The van der Waals surface area contributed by atoms with Gasteiger partial charge in [-0.15, -0.1) is 0 Å². The Bertz CT molecular complexity index is 714. The van der Waals surface area contributed by atoms with Crippen molar-refractivity contribution in [2.45, 2.75) is 38.7 Å². The molecule has 1 fully saturated rings. The van der Waals surface area contributed by atoms with Crippen molar-refractivity contribution < 1.29 is 18.7 Å². The zero-order valence-electron chi connectivity index (χ0n) is 14.4. The first-order chi connectivity index (χ1) is 12.2. The number of nitrogens with zero attached hydrogens (tertiary/aromatic N) is 1. The van der Waals surface area contributed by atoms with Crippen LogP contribution in [0.2, 0.25) is 0 Å². The molecule has 0 N–H and O–H groups in total. The summed E-state index contributed by atoms with van der Waals surface area (Å²) < 4.78 is 10.7. The minimum atomic E-state index is -0.820. The third kappa shape index (κ3) is 4.10. The van der Waals surface area contributed by atoms with Crippen LogP contribution in [0.25, 0.3) is 11.1 Å². The van der Waals surface area contributed by atoms with Crippen LogP contribution in [0.3, 0.4) is 0 Å². The second kappa shape index (κ2) is 8.01. The van der Waals surface area contributed by atoms with Crippen LogP contribution in [-0.4, -0.2) is 36.0 Å². The molecule has 2 heterocycles. The highest BCUT2D eigenvalue weighted by atomic mass is 16.6. The summed E-state index contributed by atoms with van der Waals surface area (Å²) in [5.41, 5.74) is 1.54. The number of benzene rings is 1. The van der Waals surface area contributed by atoms with Crippen LogP contribution in [0.15, 0.2) is 47.1 Å². The van der Waals surface area contributed by atoms with E-state index in [-0.39, 0.29) is 11.7 Å². The summed E-state index contributed by atoms with van der Waals surface area (Å²) in [4.78, 5) is 26.8. The maximum Gasteiger partial charge on any atom is 0.375 e. The number of likely N-dealkylation sites (tertiary alicyclic amines) is 1. The molecule has 25 heavy (non-hydrogen) atoms. The van der Waals surface area contributed by atoms with Crippen molar-refractivity contribution >= 4 is 11.9 Å². The van der Waals surface area contributed by atoms with Gasteiger partial charge in [0.25, 0.3) is 5.91 Å². The van der Waals surface area contributed by atoms with E-state index in [0.717, 1.165) is 44.3 Å². The lowest BCUT2D eigenvalue weighted by Crippen LogP contribution is -2.40. The van der Waals surface area contributed by atoms with E-state index >= 15 is 0 Å². The fourth-order valence-corrected chi connectivity index (χ4v) is 3.13. The molecule has 1 aliphatic heterocycles. The molecule has 1 saturated heterocycles. The molecule has 0 bridgehead atoms. The summed E-state index contributed by atoms with van der Waals surface area (Å²) in [6, 6.07) is 11.2. The first-order valence-electron chi connectivity index (χ1n) is 8.79. The molecule has 2 aromatic rings. The number of carbonyl (C=O) groups excluding carboxylic acids is 2. The smallest absolute Gasteiger partial charge is 0.375 e. The molecule has 0 spiro atoms. The highest BCUT2D eigenvalue weighted by molar-refractivity contribution is 5.96. The molecule has 1 aromatic carbocycles. The lowest BCUT2D eigenvalue weighted by atomic mass is 10.1. The molecule has 132 valence electrons. The number of esters is 1. The average Bonchev–Trinajstić information content (AvgIpc) is 2.97. The van der Waals surface area contributed by atoms with E-state index in [0.29, 0.717) is 5.56 Å². The zero-order valence-corrected chi connectivity index (χ0v) is 14.4. The second-order valence-electron chi connectivity index (χ2n) is 6.32. The topological polar surface area (TPSA) is 59.8 Å². The number of hydrogen-bond donors (Lipinski definition) is 0. The first-order valence-corrected chi connectivity index (χ1v) is 8.79. The van der Waals surface area contributed by atoms with Gasteiger partial charge in [0.1, 0.15) is 0 Å². The normalized spacial score (nSPS) is 16.1. The van der Waals surface area contributed by atoms with Crippen LogP contribution in [0.1, 0.15) is 43.2 Å². The molecule has 0 aliphatic carbocycles. The van der Waals surface area contributed by atoms with Crippen LogP contribution in [0, 0.1) is 0 Å². The van der Waals surface area contributed by atoms with Gasteiger partial charge in [-0.1, -0.05) is 43.2 Å². The quantitative estimate of drug-likeness (QED) is 0.792. The summed E-state index contributed by atoms with van der Waals surface area (Å²) in [6.45, 7) is 3.09. The van der Waals surface area contributed by atoms with Crippen LogP contribution < -0.4 is 0 Å². The first kappa shape index (κ1) is 17.3. The minimum Gasteiger partial charge on any atom is -0.457 e. The summed E-state index contributed by atoms with van der Waals surface area (Å²) in [5, 5.41) is 0. The van der Waals surface area contributed by atoms with Crippen LogP contribution in [0.5, 0.6) is 0 Å². The van der Waals surface area contributed by atoms with Gasteiger partial charge in [0, 0.05) is 18.7 Å². The van der Waals surface area contributed by atoms with Crippen molar-refractivity contribution in [3.63, 3.8) is 0 Å². The van der Waals surface area contributed by atoms with E-state index in [4.69, 9.17) is 9.15 Å². The summed E-state index contributed by atoms with van der Waals surface area (Å²) >= 11 is 0. The Hall–Kier alpha value is -2.56. The third-order valence-corrected chi connectivity index (χ3v) is 4.48. The van der Waals surface area contributed by atoms with Crippen molar-refractivity contribution in [2.75, 3.05) is 13.1 Å². The minimum absolute atomic E-state index is 0.127. The third-order valence-electron chi connectivity index (χ3n) is 4.48. The Labute approximate surface area is 147 Å². The van der Waals surface area contributed by atoms with E-state index < -0.39 is 12.1 Å². The maximum absolute atomic E-state index is 12.5. The molecule has 5 heteroatoms. The van der Waals surface area contributed by atoms with E-state index in [1.54, 1.807) is 17.9 Å². The van der Waals surface area contributed by atoms with Gasteiger partial charge in [-0.05, 0) is 31.4 Å². The monoisotopic (exact) mass is 341 g/mol. The highest BCUT2D eigenvalue weighted by Crippen LogP contribution is 2.25. The Morgan fingerprint density at radius 2 is 1.72 bits per heavy atom.